The Bertz CT molecular complexity index is 1030. The fourth-order valence-electron chi connectivity index (χ4n) is 2.70. The van der Waals surface area contributed by atoms with Crippen LogP contribution in [0.4, 0.5) is 5.95 Å². The zero-order valence-corrected chi connectivity index (χ0v) is 13.8. The highest BCUT2D eigenvalue weighted by Gasteiger charge is 2.11. The van der Waals surface area contributed by atoms with E-state index in [9.17, 15) is 4.79 Å². The highest BCUT2D eigenvalue weighted by molar-refractivity contribution is 6.03. The molecule has 0 aliphatic rings. The molecular weight excluding hydrogens is 316 g/mol. The standard InChI is InChI=1S/C18H16N6O/c1-11-9-12(2)24(23-11)16-8-7-13(10-19-16)17(25)22-18-20-14-5-3-4-6-15(14)21-18/h3-10H,1-2H3,(H2,20,21,22,25). The van der Waals surface area contributed by atoms with Gasteiger partial charge in [-0.15, -0.1) is 0 Å². The minimum absolute atomic E-state index is 0.272. The summed E-state index contributed by atoms with van der Waals surface area (Å²) >= 11 is 0. The average molecular weight is 332 g/mol. The van der Waals surface area contributed by atoms with E-state index in [2.05, 4.69) is 25.4 Å². The first-order valence-electron chi connectivity index (χ1n) is 7.86. The first-order chi connectivity index (χ1) is 12.1. The van der Waals surface area contributed by atoms with Crippen LogP contribution in [0.2, 0.25) is 0 Å². The van der Waals surface area contributed by atoms with Crippen LogP contribution in [0.25, 0.3) is 16.9 Å². The molecule has 7 nitrogen and oxygen atoms in total. The van der Waals surface area contributed by atoms with Crippen molar-refractivity contribution in [3.05, 3.63) is 65.6 Å². The van der Waals surface area contributed by atoms with Gasteiger partial charge in [0.25, 0.3) is 5.91 Å². The van der Waals surface area contributed by atoms with Gasteiger partial charge in [0, 0.05) is 11.9 Å². The van der Waals surface area contributed by atoms with Crippen LogP contribution in [0.5, 0.6) is 0 Å². The van der Waals surface area contributed by atoms with Crippen LogP contribution in [-0.2, 0) is 0 Å². The summed E-state index contributed by atoms with van der Waals surface area (Å²) in [4.78, 5) is 24.1. The highest BCUT2D eigenvalue weighted by Crippen LogP contribution is 2.15. The summed E-state index contributed by atoms with van der Waals surface area (Å²) in [6, 6.07) is 13.1. The minimum Gasteiger partial charge on any atom is -0.324 e. The highest BCUT2D eigenvalue weighted by atomic mass is 16.1. The van der Waals surface area contributed by atoms with Crippen LogP contribution in [0.15, 0.2) is 48.7 Å². The molecule has 0 bridgehead atoms. The lowest BCUT2D eigenvalue weighted by Crippen LogP contribution is -2.13. The van der Waals surface area contributed by atoms with E-state index in [-0.39, 0.29) is 5.91 Å². The zero-order chi connectivity index (χ0) is 17.4. The van der Waals surface area contributed by atoms with Crippen molar-refractivity contribution in [3.8, 4) is 5.82 Å². The van der Waals surface area contributed by atoms with E-state index in [1.54, 1.807) is 16.8 Å². The predicted octanol–water partition coefficient (Wildman–Crippen LogP) is 3.01. The van der Waals surface area contributed by atoms with Gasteiger partial charge in [0.05, 0.1) is 22.3 Å². The van der Waals surface area contributed by atoms with E-state index in [0.29, 0.717) is 17.3 Å². The second-order valence-corrected chi connectivity index (χ2v) is 5.80. The van der Waals surface area contributed by atoms with Crippen molar-refractivity contribution in [2.75, 3.05) is 5.32 Å². The summed E-state index contributed by atoms with van der Waals surface area (Å²) in [5.41, 5.74) is 4.04. The smallest absolute Gasteiger partial charge is 0.259 e. The first kappa shape index (κ1) is 15.1. The normalized spacial score (nSPS) is 11.0. The minimum atomic E-state index is -0.272. The Kier molecular flexibility index (Phi) is 3.53. The number of para-hydroxylation sites is 2. The molecule has 3 heterocycles. The van der Waals surface area contributed by atoms with E-state index in [1.165, 1.54) is 6.20 Å². The topological polar surface area (TPSA) is 88.5 Å². The van der Waals surface area contributed by atoms with Gasteiger partial charge in [-0.2, -0.15) is 5.10 Å². The third-order valence-electron chi connectivity index (χ3n) is 3.86. The second kappa shape index (κ2) is 5.86. The number of anilines is 1. The number of aromatic amines is 1. The molecule has 2 N–H and O–H groups in total. The van der Waals surface area contributed by atoms with Crippen molar-refractivity contribution in [1.29, 1.82) is 0 Å². The summed E-state index contributed by atoms with van der Waals surface area (Å²) < 4.78 is 1.75. The molecule has 0 spiro atoms. The van der Waals surface area contributed by atoms with E-state index >= 15 is 0 Å². The molecule has 4 aromatic rings. The number of amides is 1. The number of nitrogens with zero attached hydrogens (tertiary/aromatic N) is 4. The summed E-state index contributed by atoms with van der Waals surface area (Å²) in [7, 11) is 0. The van der Waals surface area contributed by atoms with Gasteiger partial charge in [0.15, 0.2) is 5.82 Å². The SMILES string of the molecule is Cc1cc(C)n(-c2ccc(C(=O)Nc3nc4ccccc4[nH]3)cn2)n1. The molecule has 0 saturated heterocycles. The number of carbonyl (C=O) groups excluding carboxylic acids is 1. The Morgan fingerprint density at radius 3 is 2.68 bits per heavy atom. The van der Waals surface area contributed by atoms with Crippen LogP contribution in [0.1, 0.15) is 21.7 Å². The van der Waals surface area contributed by atoms with Gasteiger partial charge >= 0.3 is 0 Å². The van der Waals surface area contributed by atoms with E-state index in [4.69, 9.17) is 0 Å². The zero-order valence-electron chi connectivity index (χ0n) is 13.8. The molecule has 0 atom stereocenters. The summed E-state index contributed by atoms with van der Waals surface area (Å²) in [6.07, 6.45) is 1.53. The monoisotopic (exact) mass is 332 g/mol. The Labute approximate surface area is 143 Å². The maximum atomic E-state index is 12.4. The molecule has 1 aromatic carbocycles. The van der Waals surface area contributed by atoms with E-state index in [1.807, 2.05) is 44.2 Å². The number of hydrogen-bond donors (Lipinski definition) is 2. The van der Waals surface area contributed by atoms with Crippen LogP contribution in [0.3, 0.4) is 0 Å². The number of hydrogen-bond acceptors (Lipinski definition) is 4. The van der Waals surface area contributed by atoms with Gasteiger partial charge in [-0.1, -0.05) is 12.1 Å². The fourth-order valence-corrected chi connectivity index (χ4v) is 2.70. The van der Waals surface area contributed by atoms with Gasteiger partial charge in [0.1, 0.15) is 0 Å². The van der Waals surface area contributed by atoms with E-state index < -0.39 is 0 Å². The van der Waals surface area contributed by atoms with Gasteiger partial charge in [-0.05, 0) is 44.2 Å². The maximum Gasteiger partial charge on any atom is 0.259 e. The van der Waals surface area contributed by atoms with Crippen molar-refractivity contribution in [1.82, 2.24) is 24.7 Å². The maximum absolute atomic E-state index is 12.4. The van der Waals surface area contributed by atoms with Crippen LogP contribution >= 0.6 is 0 Å². The number of aryl methyl sites for hydroxylation is 2. The van der Waals surface area contributed by atoms with Crippen molar-refractivity contribution in [3.63, 3.8) is 0 Å². The number of rotatable bonds is 3. The Balaban J connectivity index is 1.55. The molecule has 0 radical (unpaired) electrons. The van der Waals surface area contributed by atoms with Gasteiger partial charge in [0.2, 0.25) is 5.95 Å². The van der Waals surface area contributed by atoms with Gasteiger partial charge in [-0.25, -0.2) is 14.6 Å². The summed E-state index contributed by atoms with van der Waals surface area (Å²) in [6.45, 7) is 3.89. The van der Waals surface area contributed by atoms with Crippen LogP contribution in [-0.4, -0.2) is 30.6 Å². The van der Waals surface area contributed by atoms with Crippen molar-refractivity contribution in [2.24, 2.45) is 0 Å². The lowest BCUT2D eigenvalue weighted by atomic mass is 10.2. The lowest BCUT2D eigenvalue weighted by molar-refractivity contribution is 0.102. The molecule has 0 aliphatic heterocycles. The number of pyridine rings is 1. The molecule has 3 aromatic heterocycles. The van der Waals surface area contributed by atoms with Crippen molar-refractivity contribution in [2.45, 2.75) is 13.8 Å². The quantitative estimate of drug-likeness (QED) is 0.603. The molecule has 0 fully saturated rings. The number of H-pyrrole nitrogens is 1. The first-order valence-corrected chi connectivity index (χ1v) is 7.86. The molecule has 1 amide bonds. The van der Waals surface area contributed by atoms with Crippen molar-refractivity contribution >= 4 is 22.9 Å². The Morgan fingerprint density at radius 1 is 1.16 bits per heavy atom. The van der Waals surface area contributed by atoms with Crippen molar-refractivity contribution < 1.29 is 4.79 Å². The molecule has 124 valence electrons. The molecular formula is C18H16N6O. The number of imidazole rings is 1. The Morgan fingerprint density at radius 2 is 2.00 bits per heavy atom. The lowest BCUT2D eigenvalue weighted by Gasteiger charge is -2.05. The summed E-state index contributed by atoms with van der Waals surface area (Å²) in [5.74, 6) is 0.811. The molecule has 0 unspecified atom stereocenters. The second-order valence-electron chi connectivity index (χ2n) is 5.80. The third-order valence-corrected chi connectivity index (χ3v) is 3.86. The van der Waals surface area contributed by atoms with Gasteiger partial charge < -0.3 is 4.98 Å². The fraction of sp³-hybridized carbons (Fsp3) is 0.111. The predicted molar refractivity (Wildman–Crippen MR) is 94.9 cm³/mol. The number of fused-ring (bicyclic) bond motifs is 1. The number of benzene rings is 1. The molecule has 7 heteroatoms. The molecule has 0 saturated carbocycles. The number of carbonyl (C=O) groups is 1. The van der Waals surface area contributed by atoms with Crippen LogP contribution in [0, 0.1) is 13.8 Å². The average Bonchev–Trinajstić information content (AvgIpc) is 3.16. The number of nitrogens with one attached hydrogen (secondary N) is 2. The number of aromatic nitrogens is 5. The summed E-state index contributed by atoms with van der Waals surface area (Å²) in [5, 5.41) is 7.14. The molecule has 0 aliphatic carbocycles. The van der Waals surface area contributed by atoms with E-state index in [0.717, 1.165) is 22.4 Å². The largest absolute Gasteiger partial charge is 0.324 e. The molecule has 4 rings (SSSR count). The third kappa shape index (κ3) is 2.87. The Hall–Kier alpha value is -3.48. The van der Waals surface area contributed by atoms with Crippen LogP contribution < -0.4 is 5.32 Å². The van der Waals surface area contributed by atoms with Gasteiger partial charge in [-0.3, -0.25) is 10.1 Å². The molecule has 25 heavy (non-hydrogen) atoms.